The minimum Gasteiger partial charge on any atom is -0.462 e. The van der Waals surface area contributed by atoms with Gasteiger partial charge in [0.1, 0.15) is 19.8 Å². The number of rotatable bonds is 39. The van der Waals surface area contributed by atoms with Crippen molar-refractivity contribution in [2.24, 2.45) is 0 Å². The fourth-order valence-electron chi connectivity index (χ4n) is 5.82. The molecule has 0 heterocycles. The molecule has 1 unspecified atom stereocenters. The zero-order chi connectivity index (χ0) is 40.0. The number of hydrogen-bond acceptors (Lipinski definition) is 7. The summed E-state index contributed by atoms with van der Waals surface area (Å²) in [5.41, 5.74) is 0. The van der Waals surface area contributed by atoms with Crippen LogP contribution in [0, 0.1) is 0 Å². The normalized spacial score (nSPS) is 14.0. The van der Waals surface area contributed by atoms with E-state index in [0.717, 1.165) is 25.7 Å². The average Bonchev–Trinajstić information content (AvgIpc) is 3.12. The SMILES string of the molecule is CCCCCCCCCCCCC/C=C/C=C/C(=O)O[C@H](COC(=O)CC/C=C/CCCCCCCCCCCCC)COP(=O)(O)OCC[N+](C)(C)C. The molecule has 0 radical (unpaired) electrons. The van der Waals surface area contributed by atoms with Crippen molar-refractivity contribution in [3.05, 3.63) is 36.5 Å². The van der Waals surface area contributed by atoms with Crippen molar-refractivity contribution in [2.75, 3.05) is 47.5 Å². The number of allylic oxidation sites excluding steroid dienone is 5. The highest BCUT2D eigenvalue weighted by Gasteiger charge is 2.26. The number of phosphoric acid groups is 1. The van der Waals surface area contributed by atoms with Crippen LogP contribution < -0.4 is 0 Å². The second kappa shape index (κ2) is 36.8. The highest BCUT2D eigenvalue weighted by atomic mass is 31.2. The molecule has 0 saturated carbocycles. The summed E-state index contributed by atoms with van der Waals surface area (Å²) in [7, 11) is 1.41. The van der Waals surface area contributed by atoms with Crippen molar-refractivity contribution in [1.82, 2.24) is 0 Å². The second-order valence-electron chi connectivity index (χ2n) is 15.8. The van der Waals surface area contributed by atoms with Crippen LogP contribution in [0.2, 0.25) is 0 Å². The molecule has 0 saturated heterocycles. The van der Waals surface area contributed by atoms with Crippen LogP contribution in [0.4, 0.5) is 0 Å². The van der Waals surface area contributed by atoms with Crippen LogP contribution in [0.5, 0.6) is 0 Å². The predicted molar refractivity (Wildman–Crippen MR) is 224 cm³/mol. The van der Waals surface area contributed by atoms with Crippen LogP contribution in [0.3, 0.4) is 0 Å². The van der Waals surface area contributed by atoms with Crippen molar-refractivity contribution in [3.63, 3.8) is 0 Å². The maximum absolute atomic E-state index is 12.6. The van der Waals surface area contributed by atoms with Crippen LogP contribution >= 0.6 is 7.82 Å². The van der Waals surface area contributed by atoms with E-state index >= 15 is 0 Å². The van der Waals surface area contributed by atoms with E-state index in [1.54, 1.807) is 6.08 Å². The van der Waals surface area contributed by atoms with Gasteiger partial charge in [-0.25, -0.2) is 9.36 Å². The van der Waals surface area contributed by atoms with E-state index in [2.05, 4.69) is 19.9 Å². The lowest BCUT2D eigenvalue weighted by molar-refractivity contribution is -0.870. The van der Waals surface area contributed by atoms with Crippen LogP contribution in [0.1, 0.15) is 181 Å². The molecule has 0 fully saturated rings. The standard InChI is InChI=1S/C44H82NO8P/c1-6-8-10-12-14-16-18-20-22-24-26-28-30-32-34-36-43(46)50-40-42(41-52-54(48,49)51-39-38-45(3,4)5)53-44(47)37-35-33-31-29-27-25-23-21-19-17-15-13-11-9-7-2/h30-33,35,37,42H,6-29,34,36,38-41H2,1-5H3/p+1/b32-30+,33-31+,37-35+/t42-/m1/s1. The summed E-state index contributed by atoms with van der Waals surface area (Å²) in [6.07, 6.45) is 41.3. The summed E-state index contributed by atoms with van der Waals surface area (Å²) in [6.45, 7) is 4.26. The second-order valence-corrected chi connectivity index (χ2v) is 17.3. The summed E-state index contributed by atoms with van der Waals surface area (Å²) >= 11 is 0. The number of carbonyl (C=O) groups excluding carboxylic acids is 2. The molecule has 54 heavy (non-hydrogen) atoms. The van der Waals surface area contributed by atoms with E-state index < -0.39 is 32.5 Å². The molecule has 0 spiro atoms. The number of quaternary nitrogens is 1. The van der Waals surface area contributed by atoms with Gasteiger partial charge in [0.05, 0.1) is 27.7 Å². The van der Waals surface area contributed by atoms with Gasteiger partial charge in [-0.2, -0.15) is 0 Å². The summed E-state index contributed by atoms with van der Waals surface area (Å²) in [4.78, 5) is 35.1. The molecule has 0 rings (SSSR count). The first kappa shape index (κ1) is 52.2. The number of esters is 2. The summed E-state index contributed by atoms with van der Waals surface area (Å²) < 4.78 is 34.0. The molecule has 0 amide bonds. The van der Waals surface area contributed by atoms with Gasteiger partial charge >= 0.3 is 19.8 Å². The summed E-state index contributed by atoms with van der Waals surface area (Å²) in [6, 6.07) is 0. The van der Waals surface area contributed by atoms with Gasteiger partial charge in [-0.3, -0.25) is 13.8 Å². The third-order valence-corrected chi connectivity index (χ3v) is 10.2. The lowest BCUT2D eigenvalue weighted by Crippen LogP contribution is -2.37. The fourth-order valence-corrected chi connectivity index (χ4v) is 6.56. The van der Waals surface area contributed by atoms with Crippen LogP contribution in [-0.4, -0.2) is 74.9 Å². The third-order valence-electron chi connectivity index (χ3n) is 9.26. The topological polar surface area (TPSA) is 108 Å². The Bertz CT molecular complexity index is 1020. The number of phosphoric ester groups is 1. The van der Waals surface area contributed by atoms with Gasteiger partial charge < -0.3 is 18.9 Å². The van der Waals surface area contributed by atoms with Crippen molar-refractivity contribution < 1.29 is 42.1 Å². The molecule has 0 aliphatic carbocycles. The minimum absolute atomic E-state index is 0.0117. The van der Waals surface area contributed by atoms with Crippen molar-refractivity contribution in [3.8, 4) is 0 Å². The maximum atomic E-state index is 12.6. The molecule has 0 aromatic carbocycles. The average molecular weight is 785 g/mol. The molecule has 0 aliphatic rings. The molecule has 0 aromatic rings. The summed E-state index contributed by atoms with van der Waals surface area (Å²) in [5.74, 6) is -1.11. The van der Waals surface area contributed by atoms with E-state index in [9.17, 15) is 19.0 Å². The largest absolute Gasteiger partial charge is 0.472 e. The van der Waals surface area contributed by atoms with Gasteiger partial charge in [-0.05, 0) is 32.1 Å². The van der Waals surface area contributed by atoms with Crippen molar-refractivity contribution in [2.45, 2.75) is 187 Å². The van der Waals surface area contributed by atoms with Crippen LogP contribution in [0.25, 0.3) is 0 Å². The van der Waals surface area contributed by atoms with Gasteiger partial charge in [-0.1, -0.05) is 173 Å². The first-order chi connectivity index (χ1) is 26.0. The monoisotopic (exact) mass is 785 g/mol. The highest BCUT2D eigenvalue weighted by Crippen LogP contribution is 2.43. The third kappa shape index (κ3) is 39.9. The molecule has 316 valence electrons. The fraction of sp³-hybridized carbons (Fsp3) is 0.818. The highest BCUT2D eigenvalue weighted by molar-refractivity contribution is 7.47. The Kier molecular flexibility index (Phi) is 35.6. The number of carbonyl (C=O) groups is 2. The van der Waals surface area contributed by atoms with Crippen molar-refractivity contribution >= 4 is 19.8 Å². The Morgan fingerprint density at radius 2 is 1.07 bits per heavy atom. The van der Waals surface area contributed by atoms with Gasteiger partial charge in [0.15, 0.2) is 6.10 Å². The molecule has 1 N–H and O–H groups in total. The number of hydrogen-bond donors (Lipinski definition) is 1. The van der Waals surface area contributed by atoms with Gasteiger partial charge in [0.25, 0.3) is 0 Å². The van der Waals surface area contributed by atoms with Crippen LogP contribution in [-0.2, 0) is 32.7 Å². The Labute approximate surface area is 331 Å². The Morgan fingerprint density at radius 1 is 0.611 bits per heavy atom. The van der Waals surface area contributed by atoms with E-state index in [1.165, 1.54) is 134 Å². The number of ether oxygens (including phenoxy) is 2. The van der Waals surface area contributed by atoms with Gasteiger partial charge in [0, 0.05) is 12.5 Å². The predicted octanol–water partition coefficient (Wildman–Crippen LogP) is 12.1. The summed E-state index contributed by atoms with van der Waals surface area (Å²) in [5, 5.41) is 0. The zero-order valence-corrected chi connectivity index (χ0v) is 36.3. The lowest BCUT2D eigenvalue weighted by Gasteiger charge is -2.24. The Balaban J connectivity index is 4.51. The maximum Gasteiger partial charge on any atom is 0.472 e. The Hall–Kier alpha value is -1.77. The molecule has 0 aliphatic heterocycles. The molecule has 9 nitrogen and oxygen atoms in total. The van der Waals surface area contributed by atoms with E-state index in [-0.39, 0.29) is 19.6 Å². The van der Waals surface area contributed by atoms with E-state index in [0.29, 0.717) is 17.4 Å². The lowest BCUT2D eigenvalue weighted by atomic mass is 10.1. The van der Waals surface area contributed by atoms with E-state index in [4.69, 9.17) is 18.5 Å². The Morgan fingerprint density at radius 3 is 1.57 bits per heavy atom. The molecule has 0 aromatic heterocycles. The first-order valence-corrected chi connectivity index (χ1v) is 23.3. The number of nitrogens with zero attached hydrogens (tertiary/aromatic N) is 1. The minimum atomic E-state index is -4.40. The van der Waals surface area contributed by atoms with Crippen molar-refractivity contribution in [1.29, 1.82) is 0 Å². The van der Waals surface area contributed by atoms with E-state index in [1.807, 2.05) is 39.4 Å². The van der Waals surface area contributed by atoms with Gasteiger partial charge in [0.2, 0.25) is 0 Å². The number of unbranched alkanes of at least 4 members (excludes halogenated alkanes) is 22. The molecular weight excluding hydrogens is 701 g/mol. The van der Waals surface area contributed by atoms with Gasteiger partial charge in [-0.15, -0.1) is 0 Å². The molecule has 0 bridgehead atoms. The smallest absolute Gasteiger partial charge is 0.462 e. The molecular formula is C44H83NO8P+. The number of likely N-dealkylation sites (N-methyl/N-ethyl adjacent to an activating group) is 1. The molecule has 2 atom stereocenters. The quantitative estimate of drug-likeness (QED) is 0.0125. The van der Waals surface area contributed by atoms with Crippen LogP contribution in [0.15, 0.2) is 36.5 Å². The zero-order valence-electron chi connectivity index (χ0n) is 35.5. The molecule has 10 heteroatoms. The first-order valence-electron chi connectivity index (χ1n) is 21.8.